The summed E-state index contributed by atoms with van der Waals surface area (Å²) in [4.78, 5) is 0. The Hall–Kier alpha value is -1.30. The number of methoxy groups -OCH3 is 3. The number of benzene rings is 1. The highest BCUT2D eigenvalue weighted by molar-refractivity contribution is 5.42. The van der Waals surface area contributed by atoms with Crippen molar-refractivity contribution < 1.29 is 18.9 Å². The molecule has 0 fully saturated rings. The van der Waals surface area contributed by atoms with Crippen molar-refractivity contribution in [1.29, 1.82) is 0 Å². The van der Waals surface area contributed by atoms with Gasteiger partial charge in [0.1, 0.15) is 0 Å². The van der Waals surface area contributed by atoms with Gasteiger partial charge in [-0.1, -0.05) is 6.07 Å². The first-order valence-electron chi connectivity index (χ1n) is 6.31. The fourth-order valence-electron chi connectivity index (χ4n) is 1.70. The monoisotopic (exact) mass is 269 g/mol. The normalized spacial score (nSPS) is 10.8. The molecule has 0 bridgehead atoms. The summed E-state index contributed by atoms with van der Waals surface area (Å²) in [5.41, 5.74) is 1.12. The Bertz CT molecular complexity index is 366. The Labute approximate surface area is 114 Å². The number of hydrogen-bond donors (Lipinski definition) is 1. The summed E-state index contributed by atoms with van der Waals surface area (Å²) in [6, 6.07) is 5.89. The molecule has 0 radical (unpaired) electrons. The van der Waals surface area contributed by atoms with Gasteiger partial charge in [-0.2, -0.15) is 0 Å². The average molecular weight is 269 g/mol. The lowest BCUT2D eigenvalue weighted by Gasteiger charge is -2.15. The van der Waals surface area contributed by atoms with Crippen LogP contribution in [0.2, 0.25) is 0 Å². The Kier molecular flexibility index (Phi) is 7.25. The standard InChI is InChI=1S/C14H23NO4/c1-5-19-13-8-11(6-7-12(13)16-2)9-15-10-14(17-3)18-4/h6-8,14-15H,5,9-10H2,1-4H3. The van der Waals surface area contributed by atoms with E-state index >= 15 is 0 Å². The molecule has 0 aliphatic heterocycles. The first kappa shape index (κ1) is 15.8. The summed E-state index contributed by atoms with van der Waals surface area (Å²) in [6.07, 6.45) is -0.232. The van der Waals surface area contributed by atoms with Crippen molar-refractivity contribution in [3.05, 3.63) is 23.8 Å². The fourth-order valence-corrected chi connectivity index (χ4v) is 1.70. The van der Waals surface area contributed by atoms with Gasteiger partial charge < -0.3 is 24.3 Å². The molecular formula is C14H23NO4. The molecule has 1 aromatic rings. The minimum absolute atomic E-state index is 0.232. The van der Waals surface area contributed by atoms with E-state index < -0.39 is 0 Å². The van der Waals surface area contributed by atoms with Crippen LogP contribution in [0.4, 0.5) is 0 Å². The Morgan fingerprint density at radius 1 is 1.11 bits per heavy atom. The van der Waals surface area contributed by atoms with Crippen LogP contribution >= 0.6 is 0 Å². The van der Waals surface area contributed by atoms with Gasteiger partial charge in [-0.15, -0.1) is 0 Å². The quantitative estimate of drug-likeness (QED) is 0.693. The maximum atomic E-state index is 5.54. The maximum absolute atomic E-state index is 5.54. The van der Waals surface area contributed by atoms with Crippen molar-refractivity contribution in [3.8, 4) is 11.5 Å². The van der Waals surface area contributed by atoms with Crippen LogP contribution in [0.1, 0.15) is 12.5 Å². The van der Waals surface area contributed by atoms with E-state index in [0.29, 0.717) is 19.7 Å². The molecule has 0 heterocycles. The first-order chi connectivity index (χ1) is 9.24. The summed E-state index contributed by atoms with van der Waals surface area (Å²) in [7, 11) is 4.88. The molecule has 108 valence electrons. The van der Waals surface area contributed by atoms with Gasteiger partial charge in [0.15, 0.2) is 17.8 Å². The lowest BCUT2D eigenvalue weighted by Crippen LogP contribution is -2.29. The van der Waals surface area contributed by atoms with Gasteiger partial charge in [0.05, 0.1) is 13.7 Å². The van der Waals surface area contributed by atoms with Gasteiger partial charge in [-0.25, -0.2) is 0 Å². The van der Waals surface area contributed by atoms with Crippen LogP contribution in [0.3, 0.4) is 0 Å². The lowest BCUT2D eigenvalue weighted by atomic mass is 10.2. The molecule has 0 unspecified atom stereocenters. The van der Waals surface area contributed by atoms with Crippen molar-refractivity contribution in [2.24, 2.45) is 0 Å². The fraction of sp³-hybridized carbons (Fsp3) is 0.571. The zero-order valence-electron chi connectivity index (χ0n) is 12.1. The highest BCUT2D eigenvalue weighted by atomic mass is 16.7. The van der Waals surface area contributed by atoms with Gasteiger partial charge in [0.2, 0.25) is 0 Å². The summed E-state index contributed by atoms with van der Waals surface area (Å²) < 4.78 is 21.0. The molecule has 0 saturated carbocycles. The molecule has 0 atom stereocenters. The second kappa shape index (κ2) is 8.74. The molecule has 5 heteroatoms. The van der Waals surface area contributed by atoms with Gasteiger partial charge in [0, 0.05) is 27.3 Å². The minimum atomic E-state index is -0.232. The largest absolute Gasteiger partial charge is 0.493 e. The SMILES string of the molecule is CCOc1cc(CNCC(OC)OC)ccc1OC. The third-order valence-electron chi connectivity index (χ3n) is 2.69. The Morgan fingerprint density at radius 2 is 1.84 bits per heavy atom. The molecular weight excluding hydrogens is 246 g/mol. The number of nitrogens with one attached hydrogen (secondary N) is 1. The molecule has 0 spiro atoms. The lowest BCUT2D eigenvalue weighted by molar-refractivity contribution is -0.0989. The van der Waals surface area contributed by atoms with E-state index in [1.807, 2.05) is 25.1 Å². The predicted molar refractivity (Wildman–Crippen MR) is 73.7 cm³/mol. The van der Waals surface area contributed by atoms with Gasteiger partial charge in [-0.3, -0.25) is 0 Å². The highest BCUT2D eigenvalue weighted by Gasteiger charge is 2.07. The smallest absolute Gasteiger partial charge is 0.169 e. The molecule has 0 aromatic heterocycles. The van der Waals surface area contributed by atoms with Crippen molar-refractivity contribution in [2.45, 2.75) is 19.8 Å². The van der Waals surface area contributed by atoms with Gasteiger partial charge >= 0.3 is 0 Å². The van der Waals surface area contributed by atoms with Crippen LogP contribution in [0.25, 0.3) is 0 Å². The molecule has 0 amide bonds. The highest BCUT2D eigenvalue weighted by Crippen LogP contribution is 2.27. The van der Waals surface area contributed by atoms with Gasteiger partial charge in [-0.05, 0) is 24.6 Å². The minimum Gasteiger partial charge on any atom is -0.493 e. The van der Waals surface area contributed by atoms with E-state index in [4.69, 9.17) is 18.9 Å². The third kappa shape index (κ3) is 5.06. The molecule has 0 aliphatic rings. The van der Waals surface area contributed by atoms with Crippen LogP contribution in [0.5, 0.6) is 11.5 Å². The summed E-state index contributed by atoms with van der Waals surface area (Å²) in [5, 5.41) is 3.26. The predicted octanol–water partition coefficient (Wildman–Crippen LogP) is 1.80. The molecule has 5 nitrogen and oxygen atoms in total. The second-order valence-electron chi connectivity index (χ2n) is 3.95. The molecule has 1 N–H and O–H groups in total. The van der Waals surface area contributed by atoms with E-state index in [-0.39, 0.29) is 6.29 Å². The van der Waals surface area contributed by atoms with Crippen molar-refractivity contribution in [1.82, 2.24) is 5.32 Å². The summed E-state index contributed by atoms with van der Waals surface area (Å²) in [6.45, 7) is 3.91. The molecule has 0 aliphatic carbocycles. The third-order valence-corrected chi connectivity index (χ3v) is 2.69. The van der Waals surface area contributed by atoms with E-state index in [2.05, 4.69) is 5.32 Å². The maximum Gasteiger partial charge on any atom is 0.169 e. The Morgan fingerprint density at radius 3 is 2.42 bits per heavy atom. The van der Waals surface area contributed by atoms with Crippen LogP contribution in [0.15, 0.2) is 18.2 Å². The molecule has 19 heavy (non-hydrogen) atoms. The van der Waals surface area contributed by atoms with Crippen LogP contribution in [0, 0.1) is 0 Å². The zero-order chi connectivity index (χ0) is 14.1. The Balaban J connectivity index is 2.56. The second-order valence-corrected chi connectivity index (χ2v) is 3.95. The zero-order valence-corrected chi connectivity index (χ0v) is 12.1. The number of ether oxygens (including phenoxy) is 4. The summed E-state index contributed by atoms with van der Waals surface area (Å²) in [5.74, 6) is 1.51. The van der Waals surface area contributed by atoms with Gasteiger partial charge in [0.25, 0.3) is 0 Å². The van der Waals surface area contributed by atoms with Crippen LogP contribution < -0.4 is 14.8 Å². The number of hydrogen-bond acceptors (Lipinski definition) is 5. The van der Waals surface area contributed by atoms with Crippen LogP contribution in [-0.2, 0) is 16.0 Å². The van der Waals surface area contributed by atoms with E-state index in [9.17, 15) is 0 Å². The summed E-state index contributed by atoms with van der Waals surface area (Å²) >= 11 is 0. The molecule has 0 saturated heterocycles. The molecule has 1 rings (SSSR count). The topological polar surface area (TPSA) is 49.0 Å². The molecule has 1 aromatic carbocycles. The number of rotatable bonds is 9. The van der Waals surface area contributed by atoms with E-state index in [1.165, 1.54) is 0 Å². The van der Waals surface area contributed by atoms with E-state index in [1.54, 1.807) is 21.3 Å². The van der Waals surface area contributed by atoms with Crippen molar-refractivity contribution in [3.63, 3.8) is 0 Å². The first-order valence-corrected chi connectivity index (χ1v) is 6.31. The van der Waals surface area contributed by atoms with Crippen molar-refractivity contribution >= 4 is 0 Å². The van der Waals surface area contributed by atoms with E-state index in [0.717, 1.165) is 17.1 Å². The van der Waals surface area contributed by atoms with Crippen molar-refractivity contribution in [2.75, 3.05) is 34.5 Å². The van der Waals surface area contributed by atoms with Crippen LogP contribution in [-0.4, -0.2) is 40.8 Å². The average Bonchev–Trinajstić information content (AvgIpc) is 2.44.